The van der Waals surface area contributed by atoms with E-state index in [1.807, 2.05) is 0 Å². The number of hydrogen-bond donors (Lipinski definition) is 0. The third-order valence-corrected chi connectivity index (χ3v) is 4.41. The largest absolute Gasteiger partial charge is 0.0925 e. The van der Waals surface area contributed by atoms with Gasteiger partial charge in [0.1, 0.15) is 0 Å². The van der Waals surface area contributed by atoms with Crippen LogP contribution in [0, 0.1) is 17.8 Å². The van der Waals surface area contributed by atoms with Gasteiger partial charge < -0.3 is 0 Å². The second-order valence-corrected chi connectivity index (χ2v) is 5.20. The molecular weight excluding hydrogens is 212 g/mol. The Bertz CT molecular complexity index is 134. The summed E-state index contributed by atoms with van der Waals surface area (Å²) in [7, 11) is 0. The van der Waals surface area contributed by atoms with Crippen molar-refractivity contribution in [1.82, 2.24) is 0 Å². The number of rotatable bonds is 3. The van der Waals surface area contributed by atoms with E-state index in [0.717, 1.165) is 17.8 Å². The van der Waals surface area contributed by atoms with Crippen molar-refractivity contribution in [1.29, 1.82) is 0 Å². The lowest BCUT2D eigenvalue weighted by molar-refractivity contribution is 0.246. The Morgan fingerprint density at radius 1 is 0.917 bits per heavy atom. The van der Waals surface area contributed by atoms with Crippen LogP contribution in [0.5, 0.6) is 0 Å². The minimum atomic E-state index is 1.03. The minimum absolute atomic E-state index is 1.03. The van der Waals surface area contributed by atoms with E-state index >= 15 is 0 Å². The predicted octanol–water partition coefficient (Wildman–Crippen LogP) is 3.99. The molecule has 2 aliphatic rings. The van der Waals surface area contributed by atoms with Crippen LogP contribution in [0.4, 0.5) is 0 Å². The van der Waals surface area contributed by atoms with E-state index in [0.29, 0.717) is 0 Å². The van der Waals surface area contributed by atoms with Crippen LogP contribution >= 0.6 is 15.9 Å². The van der Waals surface area contributed by atoms with Gasteiger partial charge in [0.05, 0.1) is 0 Å². The Labute approximate surface area is 84.2 Å². The van der Waals surface area contributed by atoms with Gasteiger partial charge >= 0.3 is 0 Å². The summed E-state index contributed by atoms with van der Waals surface area (Å²) < 4.78 is 0. The highest BCUT2D eigenvalue weighted by Gasteiger charge is 2.35. The molecular formula is C11H19Br. The highest BCUT2D eigenvalue weighted by atomic mass is 79.9. The van der Waals surface area contributed by atoms with E-state index in [2.05, 4.69) is 15.9 Å². The first kappa shape index (κ1) is 9.05. The maximum absolute atomic E-state index is 3.69. The Hall–Kier alpha value is 0.480. The molecule has 0 saturated heterocycles. The molecule has 1 heteroatoms. The Morgan fingerprint density at radius 3 is 2.00 bits per heavy atom. The Morgan fingerprint density at radius 2 is 1.50 bits per heavy atom. The van der Waals surface area contributed by atoms with E-state index < -0.39 is 0 Å². The molecule has 0 aromatic rings. The summed E-state index contributed by atoms with van der Waals surface area (Å²) in [5.41, 5.74) is 0. The summed E-state index contributed by atoms with van der Waals surface area (Å²) in [5, 5.41) is 1.27. The van der Waals surface area contributed by atoms with E-state index in [1.165, 1.54) is 50.3 Å². The summed E-state index contributed by atoms with van der Waals surface area (Å²) in [6.07, 6.45) is 10.6. The van der Waals surface area contributed by atoms with Crippen molar-refractivity contribution in [3.05, 3.63) is 0 Å². The zero-order valence-electron chi connectivity index (χ0n) is 7.77. The normalized spacial score (nSPS) is 28.8. The third kappa shape index (κ3) is 2.04. The lowest BCUT2D eigenvalue weighted by Gasteiger charge is -2.29. The molecule has 0 spiro atoms. The van der Waals surface area contributed by atoms with E-state index in [4.69, 9.17) is 0 Å². The van der Waals surface area contributed by atoms with E-state index in [-0.39, 0.29) is 0 Å². The standard InChI is InChI=1S/C11H19Br/c12-8-11(10-6-7-10)9-4-2-1-3-5-9/h9-11H,1-8H2. The quantitative estimate of drug-likeness (QED) is 0.644. The van der Waals surface area contributed by atoms with Crippen LogP contribution in [0.2, 0.25) is 0 Å². The van der Waals surface area contributed by atoms with Gasteiger partial charge in [-0.15, -0.1) is 0 Å². The van der Waals surface area contributed by atoms with Crippen LogP contribution < -0.4 is 0 Å². The van der Waals surface area contributed by atoms with Crippen LogP contribution in [0.25, 0.3) is 0 Å². The molecule has 12 heavy (non-hydrogen) atoms. The molecule has 0 aliphatic heterocycles. The van der Waals surface area contributed by atoms with Gasteiger partial charge in [0.25, 0.3) is 0 Å². The van der Waals surface area contributed by atoms with Crippen molar-refractivity contribution < 1.29 is 0 Å². The van der Waals surface area contributed by atoms with Gasteiger partial charge in [-0.2, -0.15) is 0 Å². The average molecular weight is 231 g/mol. The molecule has 2 rings (SSSR count). The van der Waals surface area contributed by atoms with Crippen molar-refractivity contribution in [3.8, 4) is 0 Å². The molecule has 2 aliphatic carbocycles. The van der Waals surface area contributed by atoms with E-state index in [9.17, 15) is 0 Å². The fourth-order valence-corrected chi connectivity index (χ4v) is 3.78. The van der Waals surface area contributed by atoms with Gasteiger partial charge in [-0.05, 0) is 30.6 Å². The van der Waals surface area contributed by atoms with E-state index in [1.54, 1.807) is 0 Å². The molecule has 0 radical (unpaired) electrons. The fraction of sp³-hybridized carbons (Fsp3) is 1.00. The van der Waals surface area contributed by atoms with Crippen LogP contribution in [0.1, 0.15) is 44.9 Å². The average Bonchev–Trinajstić information content (AvgIpc) is 2.92. The molecule has 0 aromatic heterocycles. The Balaban J connectivity index is 1.85. The zero-order chi connectivity index (χ0) is 8.39. The van der Waals surface area contributed by atoms with Gasteiger partial charge in [-0.25, -0.2) is 0 Å². The molecule has 1 unspecified atom stereocenters. The van der Waals surface area contributed by atoms with Crippen molar-refractivity contribution in [2.24, 2.45) is 17.8 Å². The first-order valence-corrected chi connectivity index (χ1v) is 6.60. The SMILES string of the molecule is BrCC(C1CCCCC1)C1CC1. The van der Waals surface area contributed by atoms with Gasteiger partial charge in [0, 0.05) is 5.33 Å². The lowest BCUT2D eigenvalue weighted by Crippen LogP contribution is -2.20. The topological polar surface area (TPSA) is 0 Å². The van der Waals surface area contributed by atoms with Crippen LogP contribution in [0.15, 0.2) is 0 Å². The smallest absolute Gasteiger partial charge is 0.00649 e. The van der Waals surface area contributed by atoms with Crippen LogP contribution in [-0.4, -0.2) is 5.33 Å². The van der Waals surface area contributed by atoms with Gasteiger partial charge in [-0.3, -0.25) is 0 Å². The van der Waals surface area contributed by atoms with Gasteiger partial charge in [0.15, 0.2) is 0 Å². The second kappa shape index (κ2) is 4.13. The lowest BCUT2D eigenvalue weighted by atomic mass is 9.79. The molecule has 1 atom stereocenters. The van der Waals surface area contributed by atoms with Gasteiger partial charge in [-0.1, -0.05) is 48.0 Å². The summed E-state index contributed by atoms with van der Waals surface area (Å²) >= 11 is 3.69. The maximum Gasteiger partial charge on any atom is 0.00649 e. The minimum Gasteiger partial charge on any atom is -0.0925 e. The Kier molecular flexibility index (Phi) is 3.11. The van der Waals surface area contributed by atoms with Crippen molar-refractivity contribution in [2.75, 3.05) is 5.33 Å². The number of halogens is 1. The van der Waals surface area contributed by atoms with Crippen LogP contribution in [0.3, 0.4) is 0 Å². The summed E-state index contributed by atoms with van der Waals surface area (Å²) in [6, 6.07) is 0. The monoisotopic (exact) mass is 230 g/mol. The molecule has 0 amide bonds. The molecule has 0 heterocycles. The highest BCUT2D eigenvalue weighted by Crippen LogP contribution is 2.45. The zero-order valence-corrected chi connectivity index (χ0v) is 9.35. The summed E-state index contributed by atoms with van der Waals surface area (Å²) in [4.78, 5) is 0. The van der Waals surface area contributed by atoms with Gasteiger partial charge in [0.2, 0.25) is 0 Å². The van der Waals surface area contributed by atoms with Crippen molar-refractivity contribution >= 4 is 15.9 Å². The second-order valence-electron chi connectivity index (χ2n) is 4.55. The fourth-order valence-electron chi connectivity index (χ4n) is 2.72. The predicted molar refractivity (Wildman–Crippen MR) is 56.6 cm³/mol. The van der Waals surface area contributed by atoms with Crippen molar-refractivity contribution in [3.63, 3.8) is 0 Å². The summed E-state index contributed by atoms with van der Waals surface area (Å²) in [6.45, 7) is 0. The number of hydrogen-bond acceptors (Lipinski definition) is 0. The number of alkyl halides is 1. The first-order chi connectivity index (χ1) is 5.92. The van der Waals surface area contributed by atoms with Crippen LogP contribution in [-0.2, 0) is 0 Å². The molecule has 2 saturated carbocycles. The molecule has 0 bridgehead atoms. The molecule has 2 fully saturated rings. The third-order valence-electron chi connectivity index (χ3n) is 3.66. The highest BCUT2D eigenvalue weighted by molar-refractivity contribution is 9.09. The molecule has 0 N–H and O–H groups in total. The molecule has 0 nitrogen and oxygen atoms in total. The first-order valence-electron chi connectivity index (χ1n) is 5.48. The summed E-state index contributed by atoms with van der Waals surface area (Å²) in [5.74, 6) is 3.21. The maximum atomic E-state index is 3.69. The molecule has 0 aromatic carbocycles. The molecule has 70 valence electrons. The van der Waals surface area contributed by atoms with Crippen molar-refractivity contribution in [2.45, 2.75) is 44.9 Å².